The molecule has 4 nitrogen and oxygen atoms in total. The van der Waals surface area contributed by atoms with Crippen LogP contribution in [0.2, 0.25) is 10.0 Å². The fourth-order valence-electron chi connectivity index (χ4n) is 1.74. The molecule has 2 amide bonds. The Balaban J connectivity index is 2.25. The molecule has 2 N–H and O–H groups in total. The van der Waals surface area contributed by atoms with Gasteiger partial charge in [-0.3, -0.25) is 9.59 Å². The van der Waals surface area contributed by atoms with Crippen molar-refractivity contribution in [3.8, 4) is 0 Å². The van der Waals surface area contributed by atoms with Gasteiger partial charge >= 0.3 is 0 Å². The maximum Gasteiger partial charge on any atom is 0.229 e. The third-order valence-electron chi connectivity index (χ3n) is 2.91. The zero-order valence-corrected chi connectivity index (χ0v) is 13.6. The number of unbranched alkanes of at least 4 members (excludes halogenated alkanes) is 1. The molecule has 0 unspecified atom stereocenters. The number of hydrogen-bond acceptors (Lipinski definition) is 2. The van der Waals surface area contributed by atoms with E-state index in [2.05, 4.69) is 10.6 Å². The van der Waals surface area contributed by atoms with Crippen molar-refractivity contribution in [2.24, 2.45) is 0 Å². The highest BCUT2D eigenvalue weighted by atomic mass is 35.5. The molecule has 0 aromatic heterocycles. The molecule has 0 saturated carbocycles. The Morgan fingerprint density at radius 1 is 1.10 bits per heavy atom. The molecule has 0 saturated heterocycles. The highest BCUT2D eigenvalue weighted by Crippen LogP contribution is 2.20. The molecule has 0 bridgehead atoms. The maximum absolute atomic E-state index is 11.6. The van der Waals surface area contributed by atoms with E-state index < -0.39 is 0 Å². The summed E-state index contributed by atoms with van der Waals surface area (Å²) >= 11 is 11.9. The summed E-state index contributed by atoms with van der Waals surface area (Å²) < 4.78 is 0. The molecule has 116 valence electrons. The van der Waals surface area contributed by atoms with Crippen LogP contribution in [-0.4, -0.2) is 24.9 Å². The molecule has 0 radical (unpaired) electrons. The van der Waals surface area contributed by atoms with E-state index in [1.807, 2.05) is 13.0 Å². The number of rotatable bonds is 8. The number of carbonyl (C=O) groups is 2. The molecule has 0 aliphatic carbocycles. The van der Waals surface area contributed by atoms with Gasteiger partial charge in [-0.25, -0.2) is 0 Å². The van der Waals surface area contributed by atoms with Crippen LogP contribution in [0.5, 0.6) is 0 Å². The predicted molar refractivity (Wildman–Crippen MR) is 85.7 cm³/mol. The standard InChI is InChI=1S/C15H20Cl2N2O2/c1-2-3-7-18-14(20)10-15(21)19-8-6-11-4-5-12(16)9-13(11)17/h4-5,9H,2-3,6-8,10H2,1H3,(H,18,20)(H,19,21). The van der Waals surface area contributed by atoms with E-state index in [9.17, 15) is 9.59 Å². The zero-order chi connectivity index (χ0) is 15.7. The van der Waals surface area contributed by atoms with Crippen LogP contribution in [0.15, 0.2) is 18.2 Å². The molecule has 0 spiro atoms. The van der Waals surface area contributed by atoms with E-state index in [-0.39, 0.29) is 18.2 Å². The minimum Gasteiger partial charge on any atom is -0.356 e. The summed E-state index contributed by atoms with van der Waals surface area (Å²) in [6.07, 6.45) is 2.38. The molecule has 1 aromatic carbocycles. The molecule has 0 aliphatic heterocycles. The van der Waals surface area contributed by atoms with Crippen molar-refractivity contribution in [1.29, 1.82) is 0 Å². The Bertz CT molecular complexity index is 493. The van der Waals surface area contributed by atoms with E-state index in [1.165, 1.54) is 0 Å². The highest BCUT2D eigenvalue weighted by molar-refractivity contribution is 6.35. The van der Waals surface area contributed by atoms with Crippen LogP contribution in [0.4, 0.5) is 0 Å². The summed E-state index contributed by atoms with van der Waals surface area (Å²) in [7, 11) is 0. The molecule has 1 rings (SSSR count). The molecule has 0 heterocycles. The van der Waals surface area contributed by atoms with Gasteiger partial charge in [-0.05, 0) is 30.5 Å². The Morgan fingerprint density at radius 2 is 1.76 bits per heavy atom. The monoisotopic (exact) mass is 330 g/mol. The number of halogens is 2. The molecule has 0 fully saturated rings. The fourth-order valence-corrected chi connectivity index (χ4v) is 2.24. The van der Waals surface area contributed by atoms with Crippen molar-refractivity contribution >= 4 is 35.0 Å². The van der Waals surface area contributed by atoms with Crippen LogP contribution in [0.3, 0.4) is 0 Å². The molecule has 0 aliphatic rings. The number of nitrogens with one attached hydrogen (secondary N) is 2. The lowest BCUT2D eigenvalue weighted by Gasteiger charge is -2.07. The molecule has 21 heavy (non-hydrogen) atoms. The molecule has 0 atom stereocenters. The van der Waals surface area contributed by atoms with Crippen molar-refractivity contribution in [2.75, 3.05) is 13.1 Å². The van der Waals surface area contributed by atoms with E-state index in [0.717, 1.165) is 18.4 Å². The second kappa shape index (κ2) is 9.64. The SMILES string of the molecule is CCCCNC(=O)CC(=O)NCCc1ccc(Cl)cc1Cl. The van der Waals surface area contributed by atoms with Gasteiger partial charge in [0.2, 0.25) is 11.8 Å². The van der Waals surface area contributed by atoms with Crippen molar-refractivity contribution in [1.82, 2.24) is 10.6 Å². The lowest BCUT2D eigenvalue weighted by Crippen LogP contribution is -2.33. The Kier molecular flexibility index (Phi) is 8.16. The van der Waals surface area contributed by atoms with Gasteiger partial charge in [-0.2, -0.15) is 0 Å². The number of hydrogen-bond donors (Lipinski definition) is 2. The van der Waals surface area contributed by atoms with E-state index in [4.69, 9.17) is 23.2 Å². The van der Waals surface area contributed by atoms with Gasteiger partial charge < -0.3 is 10.6 Å². The molecule has 1 aromatic rings. The average Bonchev–Trinajstić information content (AvgIpc) is 2.41. The zero-order valence-electron chi connectivity index (χ0n) is 12.0. The second-order valence-corrected chi connectivity index (χ2v) is 5.56. The second-order valence-electron chi connectivity index (χ2n) is 4.72. The largest absolute Gasteiger partial charge is 0.356 e. The minimum absolute atomic E-state index is 0.141. The number of amides is 2. The van der Waals surface area contributed by atoms with Gasteiger partial charge in [0.15, 0.2) is 0 Å². The predicted octanol–water partition coefficient (Wildman–Crippen LogP) is 2.96. The summed E-state index contributed by atoms with van der Waals surface area (Å²) in [5.74, 6) is -0.528. The number of benzene rings is 1. The summed E-state index contributed by atoms with van der Waals surface area (Å²) in [5.41, 5.74) is 0.911. The van der Waals surface area contributed by atoms with Gasteiger partial charge in [0.05, 0.1) is 0 Å². The molecular weight excluding hydrogens is 311 g/mol. The summed E-state index contributed by atoms with van der Waals surface area (Å²) in [5, 5.41) is 6.56. The Morgan fingerprint density at radius 3 is 2.38 bits per heavy atom. The van der Waals surface area contributed by atoms with Gasteiger partial charge in [-0.1, -0.05) is 42.6 Å². The lowest BCUT2D eigenvalue weighted by atomic mass is 10.1. The topological polar surface area (TPSA) is 58.2 Å². The normalized spacial score (nSPS) is 10.2. The minimum atomic E-state index is -0.283. The van der Waals surface area contributed by atoms with Gasteiger partial charge in [0.25, 0.3) is 0 Å². The van der Waals surface area contributed by atoms with Gasteiger partial charge in [-0.15, -0.1) is 0 Å². The Labute approximate surface area is 135 Å². The quantitative estimate of drug-likeness (QED) is 0.568. The van der Waals surface area contributed by atoms with E-state index >= 15 is 0 Å². The van der Waals surface area contributed by atoms with Gasteiger partial charge in [0.1, 0.15) is 6.42 Å². The first-order valence-electron chi connectivity index (χ1n) is 7.00. The van der Waals surface area contributed by atoms with Crippen molar-refractivity contribution in [2.45, 2.75) is 32.6 Å². The van der Waals surface area contributed by atoms with Crippen molar-refractivity contribution < 1.29 is 9.59 Å². The summed E-state index contributed by atoms with van der Waals surface area (Å²) in [6, 6.07) is 5.25. The first-order chi connectivity index (χ1) is 10.0. The Hall–Kier alpha value is -1.26. The van der Waals surface area contributed by atoms with Gasteiger partial charge in [0, 0.05) is 23.1 Å². The summed E-state index contributed by atoms with van der Waals surface area (Å²) in [6.45, 7) is 3.09. The van der Waals surface area contributed by atoms with E-state index in [1.54, 1.807) is 12.1 Å². The van der Waals surface area contributed by atoms with E-state index in [0.29, 0.717) is 29.6 Å². The highest BCUT2D eigenvalue weighted by Gasteiger charge is 2.08. The van der Waals surface area contributed by atoms with Crippen molar-refractivity contribution in [3.63, 3.8) is 0 Å². The maximum atomic E-state index is 11.6. The molecule has 6 heteroatoms. The smallest absolute Gasteiger partial charge is 0.229 e. The molecular formula is C15H20Cl2N2O2. The van der Waals surface area contributed by atoms with Crippen LogP contribution in [-0.2, 0) is 16.0 Å². The van der Waals surface area contributed by atoms with Crippen LogP contribution < -0.4 is 10.6 Å². The third kappa shape index (κ3) is 7.34. The summed E-state index contributed by atoms with van der Waals surface area (Å²) in [4.78, 5) is 23.0. The van der Waals surface area contributed by atoms with Crippen LogP contribution in [0, 0.1) is 0 Å². The fraction of sp³-hybridized carbons (Fsp3) is 0.467. The van der Waals surface area contributed by atoms with Crippen molar-refractivity contribution in [3.05, 3.63) is 33.8 Å². The first kappa shape index (κ1) is 17.8. The average molecular weight is 331 g/mol. The van der Waals surface area contributed by atoms with Crippen LogP contribution >= 0.6 is 23.2 Å². The number of carbonyl (C=O) groups excluding carboxylic acids is 2. The third-order valence-corrected chi connectivity index (χ3v) is 3.49. The van der Waals surface area contributed by atoms with Crippen LogP contribution in [0.25, 0.3) is 0 Å². The first-order valence-corrected chi connectivity index (χ1v) is 7.76. The lowest BCUT2D eigenvalue weighted by molar-refractivity contribution is -0.129. The van der Waals surface area contributed by atoms with Crippen LogP contribution in [0.1, 0.15) is 31.7 Å².